The second kappa shape index (κ2) is 6.56. The summed E-state index contributed by atoms with van der Waals surface area (Å²) in [6, 6.07) is 6.83. The van der Waals surface area contributed by atoms with Crippen LogP contribution in [0.2, 0.25) is 0 Å². The zero-order valence-electron chi connectivity index (χ0n) is 12.5. The Kier molecular flexibility index (Phi) is 4.99. The molecule has 0 aliphatic carbocycles. The van der Waals surface area contributed by atoms with Gasteiger partial charge in [-0.15, -0.1) is 0 Å². The van der Waals surface area contributed by atoms with Crippen LogP contribution in [0.5, 0.6) is 0 Å². The van der Waals surface area contributed by atoms with Crippen LogP contribution < -0.4 is 5.32 Å². The number of rotatable bonds is 4. The Labute approximate surface area is 126 Å². The van der Waals surface area contributed by atoms with Gasteiger partial charge in [-0.05, 0) is 56.6 Å². The molecule has 0 spiro atoms. The van der Waals surface area contributed by atoms with Crippen molar-refractivity contribution in [3.05, 3.63) is 29.3 Å². The molecule has 0 aromatic heterocycles. The van der Waals surface area contributed by atoms with E-state index in [9.17, 15) is 8.42 Å². The SMILES string of the molecule is CCN(C1CCNCC1)S(=O)(=O)c1ccc(C#N)cc1C. The van der Waals surface area contributed by atoms with E-state index in [1.54, 1.807) is 29.4 Å². The van der Waals surface area contributed by atoms with E-state index in [1.807, 2.05) is 13.0 Å². The molecule has 1 fully saturated rings. The largest absolute Gasteiger partial charge is 0.317 e. The highest BCUT2D eigenvalue weighted by molar-refractivity contribution is 7.89. The minimum Gasteiger partial charge on any atom is -0.317 e. The number of benzene rings is 1. The van der Waals surface area contributed by atoms with Gasteiger partial charge in [0.15, 0.2) is 0 Å². The number of sulfonamides is 1. The molecule has 1 aromatic rings. The minimum atomic E-state index is -3.51. The first-order valence-electron chi connectivity index (χ1n) is 7.24. The van der Waals surface area contributed by atoms with Crippen LogP contribution in [0.3, 0.4) is 0 Å². The lowest BCUT2D eigenvalue weighted by Gasteiger charge is -2.33. The van der Waals surface area contributed by atoms with Crippen molar-refractivity contribution < 1.29 is 8.42 Å². The minimum absolute atomic E-state index is 0.0521. The van der Waals surface area contributed by atoms with Crippen LogP contribution in [0.1, 0.15) is 30.9 Å². The van der Waals surface area contributed by atoms with Crippen LogP contribution in [0, 0.1) is 18.3 Å². The number of hydrogen-bond donors (Lipinski definition) is 1. The normalized spacial score (nSPS) is 16.9. The van der Waals surface area contributed by atoms with E-state index in [0.717, 1.165) is 25.9 Å². The van der Waals surface area contributed by atoms with Crippen molar-refractivity contribution in [1.82, 2.24) is 9.62 Å². The third kappa shape index (κ3) is 3.26. The fourth-order valence-electron chi connectivity index (χ4n) is 2.85. The standard InChI is InChI=1S/C15H21N3O2S/c1-3-18(14-6-8-17-9-7-14)21(19,20)15-5-4-13(11-16)10-12(15)2/h4-5,10,14,17H,3,6-9H2,1-2H3. The number of piperidine rings is 1. The Morgan fingerprint density at radius 1 is 1.38 bits per heavy atom. The molecule has 2 rings (SSSR count). The van der Waals surface area contributed by atoms with Crippen LogP contribution >= 0.6 is 0 Å². The highest BCUT2D eigenvalue weighted by Gasteiger charge is 2.31. The van der Waals surface area contributed by atoms with Gasteiger partial charge in [0.25, 0.3) is 0 Å². The highest BCUT2D eigenvalue weighted by atomic mass is 32.2. The average molecular weight is 307 g/mol. The van der Waals surface area contributed by atoms with Crippen molar-refractivity contribution in [1.29, 1.82) is 5.26 Å². The third-order valence-electron chi connectivity index (χ3n) is 3.92. The van der Waals surface area contributed by atoms with Crippen molar-refractivity contribution in [3.8, 4) is 6.07 Å². The summed E-state index contributed by atoms with van der Waals surface area (Å²) in [4.78, 5) is 0.307. The van der Waals surface area contributed by atoms with Gasteiger partial charge < -0.3 is 5.32 Å². The van der Waals surface area contributed by atoms with E-state index in [1.165, 1.54) is 0 Å². The zero-order chi connectivity index (χ0) is 15.5. The smallest absolute Gasteiger partial charge is 0.243 e. The maximum absolute atomic E-state index is 12.9. The molecule has 0 bridgehead atoms. The van der Waals surface area contributed by atoms with Crippen molar-refractivity contribution >= 4 is 10.0 Å². The highest BCUT2D eigenvalue weighted by Crippen LogP contribution is 2.25. The summed E-state index contributed by atoms with van der Waals surface area (Å²) in [5.41, 5.74) is 1.11. The van der Waals surface area contributed by atoms with Crippen LogP contribution in [-0.2, 0) is 10.0 Å². The van der Waals surface area contributed by atoms with Crippen molar-refractivity contribution in [2.45, 2.75) is 37.6 Å². The van der Waals surface area contributed by atoms with E-state index < -0.39 is 10.0 Å². The van der Waals surface area contributed by atoms with Crippen LogP contribution in [0.25, 0.3) is 0 Å². The number of nitriles is 1. The number of aryl methyl sites for hydroxylation is 1. The van der Waals surface area contributed by atoms with Gasteiger partial charge in [0.2, 0.25) is 10.0 Å². The molecule has 114 valence electrons. The summed E-state index contributed by atoms with van der Waals surface area (Å²) in [6.45, 7) is 5.78. The lowest BCUT2D eigenvalue weighted by Crippen LogP contribution is -2.46. The molecule has 5 nitrogen and oxygen atoms in total. The summed E-state index contributed by atoms with van der Waals surface area (Å²) >= 11 is 0. The van der Waals surface area contributed by atoms with Gasteiger partial charge in [0.05, 0.1) is 16.5 Å². The van der Waals surface area contributed by atoms with Gasteiger partial charge in [-0.1, -0.05) is 6.92 Å². The molecule has 1 aliphatic heterocycles. The van der Waals surface area contributed by atoms with Gasteiger partial charge in [-0.2, -0.15) is 9.57 Å². The topological polar surface area (TPSA) is 73.2 Å². The van der Waals surface area contributed by atoms with Gasteiger partial charge in [-0.25, -0.2) is 8.42 Å². The lowest BCUT2D eigenvalue weighted by molar-refractivity contribution is 0.270. The molecule has 6 heteroatoms. The van der Waals surface area contributed by atoms with Gasteiger partial charge >= 0.3 is 0 Å². The number of nitrogens with one attached hydrogen (secondary N) is 1. The Morgan fingerprint density at radius 3 is 2.57 bits per heavy atom. The quantitative estimate of drug-likeness (QED) is 0.917. The first kappa shape index (κ1) is 16.0. The Hall–Kier alpha value is -1.42. The molecule has 1 N–H and O–H groups in total. The second-order valence-electron chi connectivity index (χ2n) is 5.28. The average Bonchev–Trinajstić information content (AvgIpc) is 2.48. The number of nitrogens with zero attached hydrogens (tertiary/aromatic N) is 2. The molecule has 0 amide bonds. The van der Waals surface area contributed by atoms with E-state index >= 15 is 0 Å². The van der Waals surface area contributed by atoms with Gasteiger partial charge in [0, 0.05) is 12.6 Å². The van der Waals surface area contributed by atoms with E-state index in [2.05, 4.69) is 5.32 Å². The maximum Gasteiger partial charge on any atom is 0.243 e. The third-order valence-corrected chi connectivity index (χ3v) is 6.11. The van der Waals surface area contributed by atoms with E-state index in [0.29, 0.717) is 22.6 Å². The molecular formula is C15H21N3O2S. The first-order chi connectivity index (χ1) is 10.0. The van der Waals surface area contributed by atoms with Crippen LogP contribution in [0.15, 0.2) is 23.1 Å². The zero-order valence-corrected chi connectivity index (χ0v) is 13.3. The van der Waals surface area contributed by atoms with Crippen molar-refractivity contribution in [2.24, 2.45) is 0 Å². The molecule has 1 aliphatic rings. The second-order valence-corrected chi connectivity index (χ2v) is 7.14. The molecule has 1 saturated heterocycles. The fraction of sp³-hybridized carbons (Fsp3) is 0.533. The van der Waals surface area contributed by atoms with Gasteiger partial charge in [-0.3, -0.25) is 0 Å². The molecule has 1 heterocycles. The molecule has 0 unspecified atom stereocenters. The van der Waals surface area contributed by atoms with Crippen LogP contribution in [-0.4, -0.2) is 38.4 Å². The molecule has 21 heavy (non-hydrogen) atoms. The summed E-state index contributed by atoms with van der Waals surface area (Å²) in [5.74, 6) is 0. The van der Waals surface area contributed by atoms with Crippen molar-refractivity contribution in [3.63, 3.8) is 0 Å². The molecule has 1 aromatic carbocycles. The Morgan fingerprint density at radius 2 is 2.05 bits per heavy atom. The maximum atomic E-state index is 12.9. The predicted octanol–water partition coefficient (Wildman–Crippen LogP) is 1.63. The molecular weight excluding hydrogens is 286 g/mol. The van der Waals surface area contributed by atoms with E-state index in [-0.39, 0.29) is 6.04 Å². The van der Waals surface area contributed by atoms with E-state index in [4.69, 9.17) is 5.26 Å². The monoisotopic (exact) mass is 307 g/mol. The lowest BCUT2D eigenvalue weighted by atomic mass is 10.1. The number of hydrogen-bond acceptors (Lipinski definition) is 4. The summed E-state index contributed by atoms with van der Waals surface area (Å²) < 4.78 is 27.4. The summed E-state index contributed by atoms with van der Waals surface area (Å²) in [7, 11) is -3.51. The Bertz CT molecular complexity index is 643. The molecule has 0 saturated carbocycles. The summed E-state index contributed by atoms with van der Waals surface area (Å²) in [5, 5.41) is 12.2. The van der Waals surface area contributed by atoms with Gasteiger partial charge in [0.1, 0.15) is 0 Å². The summed E-state index contributed by atoms with van der Waals surface area (Å²) in [6.07, 6.45) is 1.67. The predicted molar refractivity (Wildman–Crippen MR) is 81.4 cm³/mol. The van der Waals surface area contributed by atoms with Crippen LogP contribution in [0.4, 0.5) is 0 Å². The molecule has 0 atom stereocenters. The van der Waals surface area contributed by atoms with Crippen molar-refractivity contribution in [2.75, 3.05) is 19.6 Å². The Balaban J connectivity index is 2.37. The first-order valence-corrected chi connectivity index (χ1v) is 8.68. The fourth-order valence-corrected chi connectivity index (χ4v) is 4.76. The molecule has 0 radical (unpaired) electrons.